The van der Waals surface area contributed by atoms with Crippen LogP contribution in [0.5, 0.6) is 5.75 Å². The number of aromatic nitrogens is 2. The minimum atomic E-state index is -1.12. The molecule has 1 aromatic carbocycles. The van der Waals surface area contributed by atoms with Crippen molar-refractivity contribution >= 4 is 17.5 Å². The van der Waals surface area contributed by atoms with Crippen molar-refractivity contribution in [1.82, 2.24) is 4.90 Å². The fourth-order valence-corrected chi connectivity index (χ4v) is 4.05. The Hall–Kier alpha value is -3.87. The lowest BCUT2D eigenvalue weighted by atomic mass is 9.85. The predicted octanol–water partition coefficient (Wildman–Crippen LogP) is 1.78. The molecule has 7 nitrogen and oxygen atoms in total. The van der Waals surface area contributed by atoms with E-state index in [1.165, 1.54) is 4.90 Å². The monoisotopic (exact) mass is 417 g/mol. The van der Waals surface area contributed by atoms with Crippen molar-refractivity contribution in [3.05, 3.63) is 89.5 Å². The van der Waals surface area contributed by atoms with Gasteiger partial charge in [-0.3, -0.25) is 14.4 Å². The molecule has 2 atom stereocenters. The third-order valence-electron chi connectivity index (χ3n) is 5.58. The zero-order valence-electron chi connectivity index (χ0n) is 17.3. The quantitative estimate of drug-likeness (QED) is 0.347. The summed E-state index contributed by atoms with van der Waals surface area (Å²) >= 11 is 0. The summed E-state index contributed by atoms with van der Waals surface area (Å²) in [7, 11) is 1.55. The summed E-state index contributed by atoms with van der Waals surface area (Å²) < 4.78 is 5.22. The van der Waals surface area contributed by atoms with Gasteiger partial charge in [0.2, 0.25) is 5.78 Å². The van der Waals surface area contributed by atoms with Gasteiger partial charge in [0.1, 0.15) is 11.7 Å². The molecule has 0 radical (unpaired) electrons. The van der Waals surface area contributed by atoms with Crippen molar-refractivity contribution in [2.45, 2.75) is 19.5 Å². The van der Waals surface area contributed by atoms with Crippen LogP contribution in [0.3, 0.4) is 0 Å². The van der Waals surface area contributed by atoms with Gasteiger partial charge in [0, 0.05) is 28.8 Å². The molecule has 4 rings (SSSR count). The van der Waals surface area contributed by atoms with Crippen LogP contribution >= 0.6 is 0 Å². The molecule has 2 N–H and O–H groups in total. The van der Waals surface area contributed by atoms with Crippen molar-refractivity contribution in [3.8, 4) is 5.75 Å². The molecular formula is C24H23N3O4+2. The molecule has 3 heterocycles. The Labute approximate surface area is 179 Å². The number of H-pyrrole nitrogens is 2. The van der Waals surface area contributed by atoms with Crippen LogP contribution in [0, 0.1) is 12.8 Å². The molecule has 31 heavy (non-hydrogen) atoms. The van der Waals surface area contributed by atoms with E-state index in [1.54, 1.807) is 63.1 Å². The third-order valence-corrected chi connectivity index (χ3v) is 5.58. The SMILES string of the molecule is COc1ccc(C(=O)C2C(=O)C(=O)N(Cc3ccc[nH+]c3)C2c2ccc[nH+]c2)c(C)c1. The molecule has 0 bridgehead atoms. The first-order chi connectivity index (χ1) is 15.0. The zero-order chi connectivity index (χ0) is 22.0. The summed E-state index contributed by atoms with van der Waals surface area (Å²) in [5.41, 5.74) is 2.64. The molecule has 7 heteroatoms. The average Bonchev–Trinajstić information content (AvgIpc) is 3.04. The largest absolute Gasteiger partial charge is 0.497 e. The fourth-order valence-electron chi connectivity index (χ4n) is 4.05. The van der Waals surface area contributed by atoms with Gasteiger partial charge in [-0.15, -0.1) is 0 Å². The first-order valence-electron chi connectivity index (χ1n) is 9.96. The van der Waals surface area contributed by atoms with E-state index in [0.29, 0.717) is 22.4 Å². The van der Waals surface area contributed by atoms with Crippen molar-refractivity contribution < 1.29 is 29.1 Å². The number of aromatic amines is 2. The van der Waals surface area contributed by atoms with Gasteiger partial charge in [-0.2, -0.15) is 0 Å². The Balaban J connectivity index is 1.77. The highest BCUT2D eigenvalue weighted by Gasteiger charge is 2.52. The predicted molar refractivity (Wildman–Crippen MR) is 110 cm³/mol. The Morgan fingerprint density at radius 1 is 1.06 bits per heavy atom. The summed E-state index contributed by atoms with van der Waals surface area (Å²) in [6.07, 6.45) is 7.00. The number of ketones is 2. The number of nitrogens with zero attached hydrogens (tertiary/aromatic N) is 1. The van der Waals surface area contributed by atoms with Gasteiger partial charge in [-0.1, -0.05) is 0 Å². The zero-order valence-corrected chi connectivity index (χ0v) is 17.3. The standard InChI is InChI=1S/C24H21N3O4/c1-15-11-18(31-2)7-8-19(15)22(28)20-21(17-6-4-10-26-13-17)27(24(30)23(20)29)14-16-5-3-9-25-12-16/h3-13,20-21H,14H2,1-2H3/p+2. The summed E-state index contributed by atoms with van der Waals surface area (Å²) in [5.74, 6) is -2.20. The summed E-state index contributed by atoms with van der Waals surface area (Å²) in [6.45, 7) is 2.01. The number of likely N-dealkylation sites (tertiary alicyclic amines) is 1. The first kappa shape index (κ1) is 20.4. The Kier molecular flexibility index (Phi) is 5.58. The number of pyridine rings is 2. The van der Waals surface area contributed by atoms with E-state index in [1.807, 2.05) is 18.2 Å². The number of rotatable bonds is 6. The van der Waals surface area contributed by atoms with Gasteiger partial charge < -0.3 is 9.64 Å². The van der Waals surface area contributed by atoms with Gasteiger partial charge in [0.05, 0.1) is 19.7 Å². The third kappa shape index (κ3) is 3.82. The van der Waals surface area contributed by atoms with Crippen LogP contribution in [0.15, 0.2) is 67.3 Å². The average molecular weight is 417 g/mol. The van der Waals surface area contributed by atoms with Gasteiger partial charge in [-0.05, 0) is 42.8 Å². The van der Waals surface area contributed by atoms with Crippen LogP contribution in [-0.2, 0) is 16.1 Å². The highest BCUT2D eigenvalue weighted by atomic mass is 16.5. The molecule has 2 aromatic heterocycles. The van der Waals surface area contributed by atoms with E-state index in [9.17, 15) is 14.4 Å². The molecular weight excluding hydrogens is 394 g/mol. The van der Waals surface area contributed by atoms with Crippen molar-refractivity contribution in [2.24, 2.45) is 5.92 Å². The molecule has 1 saturated heterocycles. The fraction of sp³-hybridized carbons (Fsp3) is 0.208. The van der Waals surface area contributed by atoms with Crippen LogP contribution in [-0.4, -0.2) is 29.5 Å². The van der Waals surface area contributed by atoms with E-state index in [4.69, 9.17) is 4.74 Å². The molecule has 0 spiro atoms. The summed E-state index contributed by atoms with van der Waals surface area (Å²) in [6, 6.07) is 11.7. The number of ether oxygens (including phenoxy) is 1. The molecule has 1 fully saturated rings. The molecule has 2 unspecified atom stereocenters. The highest BCUT2D eigenvalue weighted by Crippen LogP contribution is 2.39. The lowest BCUT2D eigenvalue weighted by Crippen LogP contribution is -2.31. The van der Waals surface area contributed by atoms with Crippen molar-refractivity contribution in [1.29, 1.82) is 0 Å². The maximum absolute atomic E-state index is 13.5. The number of hydrogen-bond acceptors (Lipinski definition) is 4. The number of carbonyl (C=O) groups is 3. The van der Waals surface area contributed by atoms with Crippen molar-refractivity contribution in [3.63, 3.8) is 0 Å². The van der Waals surface area contributed by atoms with Gasteiger partial charge >= 0.3 is 0 Å². The summed E-state index contributed by atoms with van der Waals surface area (Å²) in [4.78, 5) is 47.1. The molecule has 0 saturated carbocycles. The maximum Gasteiger partial charge on any atom is 0.291 e. The number of Topliss-reactive ketones (excluding diaryl/α,β-unsaturated/α-hetero) is 2. The Morgan fingerprint density at radius 2 is 1.81 bits per heavy atom. The van der Waals surface area contributed by atoms with E-state index in [2.05, 4.69) is 9.97 Å². The number of methoxy groups -OCH3 is 1. The number of amides is 1. The van der Waals surface area contributed by atoms with Crippen LogP contribution < -0.4 is 14.7 Å². The highest BCUT2D eigenvalue weighted by molar-refractivity contribution is 6.44. The first-order valence-corrected chi connectivity index (χ1v) is 9.96. The molecule has 1 aliphatic heterocycles. The number of aryl methyl sites for hydroxylation is 1. The topological polar surface area (TPSA) is 92.0 Å². The minimum Gasteiger partial charge on any atom is -0.497 e. The molecule has 0 aliphatic carbocycles. The molecule has 156 valence electrons. The second-order valence-corrected chi connectivity index (χ2v) is 7.51. The smallest absolute Gasteiger partial charge is 0.291 e. The van der Waals surface area contributed by atoms with Crippen LogP contribution in [0.25, 0.3) is 0 Å². The second-order valence-electron chi connectivity index (χ2n) is 7.51. The summed E-state index contributed by atoms with van der Waals surface area (Å²) in [5, 5.41) is 0. The van der Waals surface area contributed by atoms with Gasteiger partial charge in [-0.25, -0.2) is 9.97 Å². The van der Waals surface area contributed by atoms with Gasteiger partial charge in [0.15, 0.2) is 30.6 Å². The number of hydrogen-bond donors (Lipinski definition) is 0. The molecule has 3 aromatic rings. The number of carbonyl (C=O) groups excluding carboxylic acids is 3. The second kappa shape index (κ2) is 8.47. The number of nitrogens with one attached hydrogen (secondary N) is 2. The van der Waals surface area contributed by atoms with Gasteiger partial charge in [0.25, 0.3) is 5.91 Å². The van der Waals surface area contributed by atoms with Crippen LogP contribution in [0.1, 0.15) is 33.1 Å². The lowest BCUT2D eigenvalue weighted by Gasteiger charge is -2.26. The van der Waals surface area contributed by atoms with E-state index in [-0.39, 0.29) is 12.3 Å². The van der Waals surface area contributed by atoms with Crippen LogP contribution in [0.4, 0.5) is 0 Å². The Bertz CT molecular complexity index is 1130. The lowest BCUT2D eigenvalue weighted by molar-refractivity contribution is -0.379. The Morgan fingerprint density at radius 3 is 2.42 bits per heavy atom. The van der Waals surface area contributed by atoms with Crippen LogP contribution in [0.2, 0.25) is 0 Å². The molecule has 1 aliphatic rings. The number of benzene rings is 1. The van der Waals surface area contributed by atoms with E-state index >= 15 is 0 Å². The van der Waals surface area contributed by atoms with Crippen molar-refractivity contribution in [2.75, 3.05) is 7.11 Å². The normalized spacial score (nSPS) is 18.3. The maximum atomic E-state index is 13.5. The van der Waals surface area contributed by atoms with E-state index in [0.717, 1.165) is 5.56 Å². The van der Waals surface area contributed by atoms with E-state index < -0.39 is 23.7 Å². The minimum absolute atomic E-state index is 0.215. The molecule has 1 amide bonds.